The van der Waals surface area contributed by atoms with E-state index in [1.54, 1.807) is 0 Å². The van der Waals surface area contributed by atoms with Crippen molar-refractivity contribution in [3.8, 4) is 0 Å². The molecule has 2 N–H and O–H groups in total. The van der Waals surface area contributed by atoms with Gasteiger partial charge >= 0.3 is 5.97 Å². The number of nitrogens with zero attached hydrogens (tertiary/aromatic N) is 2. The molecule has 0 aliphatic carbocycles. The lowest BCUT2D eigenvalue weighted by Crippen LogP contribution is -2.50. The van der Waals surface area contributed by atoms with Crippen LogP contribution in [0.15, 0.2) is 4.52 Å². The first kappa shape index (κ1) is 14.6. The summed E-state index contributed by atoms with van der Waals surface area (Å²) < 4.78 is 5.05. The number of carbonyl (C=O) groups is 1. The molecular weight excluding hydrogens is 234 g/mol. The minimum atomic E-state index is -0.911. The van der Waals surface area contributed by atoms with Crippen LogP contribution in [0.3, 0.4) is 0 Å². The summed E-state index contributed by atoms with van der Waals surface area (Å²) in [6.45, 7) is 6.04. The molecule has 1 aromatic heterocycles. The van der Waals surface area contributed by atoms with Crippen LogP contribution in [0.5, 0.6) is 0 Å². The second-order valence-electron chi connectivity index (χ2n) is 4.30. The molecule has 6 nitrogen and oxygen atoms in total. The molecule has 6 heteroatoms. The zero-order valence-corrected chi connectivity index (χ0v) is 11.2. The fourth-order valence-electron chi connectivity index (χ4n) is 1.80. The number of rotatable bonds is 8. The average molecular weight is 255 g/mol. The minimum absolute atomic E-state index is 0.307. The molecule has 0 unspecified atom stereocenters. The van der Waals surface area contributed by atoms with Crippen LogP contribution in [0.1, 0.15) is 51.7 Å². The summed E-state index contributed by atoms with van der Waals surface area (Å²) in [4.78, 5) is 15.5. The molecule has 0 aliphatic heterocycles. The van der Waals surface area contributed by atoms with Crippen molar-refractivity contribution in [2.75, 3.05) is 0 Å². The minimum Gasteiger partial charge on any atom is -0.480 e. The monoisotopic (exact) mass is 255 g/mol. The van der Waals surface area contributed by atoms with Gasteiger partial charge in [-0.3, -0.25) is 10.1 Å². The predicted molar refractivity (Wildman–Crippen MR) is 66.1 cm³/mol. The van der Waals surface area contributed by atoms with E-state index in [4.69, 9.17) is 4.52 Å². The Kier molecular flexibility index (Phi) is 5.27. The molecule has 0 aliphatic rings. The van der Waals surface area contributed by atoms with Crippen molar-refractivity contribution in [2.45, 2.75) is 58.5 Å². The Balaban J connectivity index is 2.64. The SMILES string of the molecule is CCCc1nc(CNC(CC)(CC)C(=O)O)no1. The van der Waals surface area contributed by atoms with Crippen molar-refractivity contribution < 1.29 is 14.4 Å². The summed E-state index contributed by atoms with van der Waals surface area (Å²) in [6.07, 6.45) is 2.72. The van der Waals surface area contributed by atoms with Crippen molar-refractivity contribution in [2.24, 2.45) is 0 Å². The molecule has 0 atom stereocenters. The quantitative estimate of drug-likeness (QED) is 0.735. The molecular formula is C12H21N3O3. The Labute approximate surface area is 107 Å². The van der Waals surface area contributed by atoms with Gasteiger partial charge in [0.15, 0.2) is 5.82 Å². The van der Waals surface area contributed by atoms with Gasteiger partial charge in [-0.05, 0) is 19.3 Å². The van der Waals surface area contributed by atoms with Crippen molar-refractivity contribution in [3.63, 3.8) is 0 Å². The van der Waals surface area contributed by atoms with E-state index < -0.39 is 11.5 Å². The van der Waals surface area contributed by atoms with E-state index in [2.05, 4.69) is 15.5 Å². The third-order valence-electron chi connectivity index (χ3n) is 3.18. The normalized spacial score (nSPS) is 11.7. The Bertz CT molecular complexity index is 386. The second kappa shape index (κ2) is 6.49. The Morgan fingerprint density at radius 2 is 2.06 bits per heavy atom. The first-order valence-electron chi connectivity index (χ1n) is 6.37. The van der Waals surface area contributed by atoms with Gasteiger partial charge in [0, 0.05) is 6.42 Å². The van der Waals surface area contributed by atoms with Gasteiger partial charge in [0.2, 0.25) is 5.89 Å². The fraction of sp³-hybridized carbons (Fsp3) is 0.750. The van der Waals surface area contributed by atoms with Gasteiger partial charge in [-0.1, -0.05) is 25.9 Å². The van der Waals surface area contributed by atoms with Gasteiger partial charge in [0.25, 0.3) is 0 Å². The van der Waals surface area contributed by atoms with E-state index in [1.807, 2.05) is 20.8 Å². The second-order valence-corrected chi connectivity index (χ2v) is 4.30. The number of carboxylic acid groups (broad SMARTS) is 1. The van der Waals surface area contributed by atoms with E-state index >= 15 is 0 Å². The number of aromatic nitrogens is 2. The van der Waals surface area contributed by atoms with Gasteiger partial charge in [0.05, 0.1) is 6.54 Å². The standard InChI is InChI=1S/C12H21N3O3/c1-4-7-10-14-9(15-18-10)8-13-12(5-2,6-3)11(16)17/h13H,4-8H2,1-3H3,(H,16,17). The van der Waals surface area contributed by atoms with E-state index in [9.17, 15) is 9.90 Å². The summed E-state index contributed by atoms with van der Waals surface area (Å²) >= 11 is 0. The van der Waals surface area contributed by atoms with Crippen LogP contribution in [-0.4, -0.2) is 26.8 Å². The van der Waals surface area contributed by atoms with Crippen LogP contribution in [0, 0.1) is 0 Å². The molecule has 1 rings (SSSR count). The van der Waals surface area contributed by atoms with Gasteiger partial charge in [-0.2, -0.15) is 4.98 Å². The summed E-state index contributed by atoms with van der Waals surface area (Å²) in [7, 11) is 0. The zero-order valence-electron chi connectivity index (χ0n) is 11.2. The third-order valence-corrected chi connectivity index (χ3v) is 3.18. The highest BCUT2D eigenvalue weighted by molar-refractivity contribution is 5.78. The smallest absolute Gasteiger partial charge is 0.323 e. The summed E-state index contributed by atoms with van der Waals surface area (Å²) in [6, 6.07) is 0. The average Bonchev–Trinajstić information content (AvgIpc) is 2.79. The molecule has 1 aromatic rings. The zero-order chi connectivity index (χ0) is 13.6. The molecule has 0 fully saturated rings. The Morgan fingerprint density at radius 3 is 2.56 bits per heavy atom. The van der Waals surface area contributed by atoms with Crippen molar-refractivity contribution in [3.05, 3.63) is 11.7 Å². The molecule has 102 valence electrons. The van der Waals surface area contributed by atoms with Crippen LogP contribution < -0.4 is 5.32 Å². The number of aryl methyl sites for hydroxylation is 1. The first-order valence-corrected chi connectivity index (χ1v) is 6.37. The Hall–Kier alpha value is -1.43. The van der Waals surface area contributed by atoms with Crippen molar-refractivity contribution >= 4 is 5.97 Å². The largest absolute Gasteiger partial charge is 0.480 e. The van der Waals surface area contributed by atoms with Gasteiger partial charge < -0.3 is 9.63 Å². The highest BCUT2D eigenvalue weighted by Gasteiger charge is 2.34. The van der Waals surface area contributed by atoms with Crippen molar-refractivity contribution in [1.82, 2.24) is 15.5 Å². The molecule has 18 heavy (non-hydrogen) atoms. The van der Waals surface area contributed by atoms with Gasteiger partial charge in [0.1, 0.15) is 5.54 Å². The van der Waals surface area contributed by atoms with E-state index in [-0.39, 0.29) is 0 Å². The molecule has 0 saturated heterocycles. The van der Waals surface area contributed by atoms with E-state index in [0.717, 1.165) is 12.8 Å². The molecule has 0 aromatic carbocycles. The number of nitrogens with one attached hydrogen (secondary N) is 1. The maximum absolute atomic E-state index is 11.3. The van der Waals surface area contributed by atoms with E-state index in [1.165, 1.54) is 0 Å². The van der Waals surface area contributed by atoms with Crippen LogP contribution in [0.25, 0.3) is 0 Å². The predicted octanol–water partition coefficient (Wildman–Crippen LogP) is 1.76. The summed E-state index contributed by atoms with van der Waals surface area (Å²) in [5.41, 5.74) is -0.911. The lowest BCUT2D eigenvalue weighted by Gasteiger charge is -2.27. The molecule has 0 radical (unpaired) electrons. The first-order chi connectivity index (χ1) is 8.57. The number of hydrogen-bond donors (Lipinski definition) is 2. The molecule has 0 spiro atoms. The van der Waals surface area contributed by atoms with Gasteiger partial charge in [-0.25, -0.2) is 0 Å². The maximum atomic E-state index is 11.3. The lowest BCUT2D eigenvalue weighted by atomic mass is 9.93. The van der Waals surface area contributed by atoms with Crippen LogP contribution >= 0.6 is 0 Å². The maximum Gasteiger partial charge on any atom is 0.323 e. The number of aliphatic carboxylic acids is 1. The lowest BCUT2D eigenvalue weighted by molar-refractivity contribution is -0.145. The Morgan fingerprint density at radius 1 is 1.39 bits per heavy atom. The number of carboxylic acids is 1. The molecule has 0 saturated carbocycles. The topological polar surface area (TPSA) is 88.2 Å². The number of hydrogen-bond acceptors (Lipinski definition) is 5. The van der Waals surface area contributed by atoms with Crippen LogP contribution in [0.2, 0.25) is 0 Å². The molecule has 0 amide bonds. The third kappa shape index (κ3) is 3.29. The highest BCUT2D eigenvalue weighted by atomic mass is 16.5. The molecule has 1 heterocycles. The van der Waals surface area contributed by atoms with Crippen LogP contribution in [-0.2, 0) is 17.8 Å². The summed E-state index contributed by atoms with van der Waals surface area (Å²) in [5, 5.41) is 16.1. The van der Waals surface area contributed by atoms with Crippen LogP contribution in [0.4, 0.5) is 0 Å². The van der Waals surface area contributed by atoms with Crippen molar-refractivity contribution in [1.29, 1.82) is 0 Å². The fourth-order valence-corrected chi connectivity index (χ4v) is 1.80. The highest BCUT2D eigenvalue weighted by Crippen LogP contribution is 2.16. The van der Waals surface area contributed by atoms with E-state index in [0.29, 0.717) is 31.1 Å². The van der Waals surface area contributed by atoms with Gasteiger partial charge in [-0.15, -0.1) is 0 Å². The summed E-state index contributed by atoms with van der Waals surface area (Å²) in [5.74, 6) is 0.263. The molecule has 0 bridgehead atoms.